The van der Waals surface area contributed by atoms with E-state index in [1.165, 1.54) is 0 Å². The first-order chi connectivity index (χ1) is 14.2. The van der Waals surface area contributed by atoms with Crippen LogP contribution in [-0.2, 0) is 23.2 Å². The fraction of sp³-hybridized carbons (Fsp3) is 0.476. The van der Waals surface area contributed by atoms with Crippen LogP contribution in [0.25, 0.3) is 0 Å². The van der Waals surface area contributed by atoms with E-state index in [4.69, 9.17) is 9.51 Å². The van der Waals surface area contributed by atoms with Crippen molar-refractivity contribution in [3.63, 3.8) is 0 Å². The summed E-state index contributed by atoms with van der Waals surface area (Å²) in [5.74, 6) is 1.96. The standard InChI is InChI=1S/C21H24N6O2/c28-19(8-11-27-12-10-22-25-27)26-14-17-7-4-9-21(17,15-26)20-23-18(24-29-20)13-16-5-2-1-3-6-16/h1-3,5-6,10,12,17H,4,7-9,11,13-15H2/t17-,21-/m1/s1. The first-order valence-corrected chi connectivity index (χ1v) is 10.2. The second-order valence-electron chi connectivity index (χ2n) is 8.11. The zero-order valence-electron chi connectivity index (χ0n) is 16.3. The molecule has 1 aliphatic carbocycles. The topological polar surface area (TPSA) is 89.9 Å². The van der Waals surface area contributed by atoms with Crippen molar-refractivity contribution in [2.75, 3.05) is 13.1 Å². The van der Waals surface area contributed by atoms with Gasteiger partial charge in [-0.05, 0) is 24.3 Å². The molecule has 1 aromatic carbocycles. The van der Waals surface area contributed by atoms with E-state index >= 15 is 0 Å². The maximum atomic E-state index is 12.8. The summed E-state index contributed by atoms with van der Waals surface area (Å²) in [7, 11) is 0. The summed E-state index contributed by atoms with van der Waals surface area (Å²) in [4.78, 5) is 19.5. The van der Waals surface area contributed by atoms with Gasteiger partial charge in [-0.15, -0.1) is 5.10 Å². The summed E-state index contributed by atoms with van der Waals surface area (Å²) in [5, 5.41) is 12.0. The van der Waals surface area contributed by atoms with Crippen LogP contribution >= 0.6 is 0 Å². The lowest BCUT2D eigenvalue weighted by Crippen LogP contribution is -2.35. The van der Waals surface area contributed by atoms with Crippen molar-refractivity contribution in [1.82, 2.24) is 30.0 Å². The number of fused-ring (bicyclic) bond motifs is 1. The Morgan fingerprint density at radius 1 is 1.28 bits per heavy atom. The number of benzene rings is 1. The molecule has 1 saturated carbocycles. The van der Waals surface area contributed by atoms with Gasteiger partial charge in [0.05, 0.1) is 18.2 Å². The van der Waals surface area contributed by atoms with E-state index in [1.807, 2.05) is 23.1 Å². The fourth-order valence-electron chi connectivity index (χ4n) is 4.86. The lowest BCUT2D eigenvalue weighted by molar-refractivity contribution is -0.130. The minimum Gasteiger partial charge on any atom is -0.341 e. The minimum atomic E-state index is -0.190. The third-order valence-electron chi connectivity index (χ3n) is 6.35. The summed E-state index contributed by atoms with van der Waals surface area (Å²) in [6.07, 6.45) is 7.73. The van der Waals surface area contributed by atoms with Gasteiger partial charge in [0.2, 0.25) is 11.8 Å². The summed E-state index contributed by atoms with van der Waals surface area (Å²) in [5.41, 5.74) is 0.974. The average Bonchev–Trinajstić information content (AvgIpc) is 3.50. The number of nitrogens with zero attached hydrogens (tertiary/aromatic N) is 6. The molecule has 150 valence electrons. The van der Waals surface area contributed by atoms with Crippen LogP contribution < -0.4 is 0 Å². The first-order valence-electron chi connectivity index (χ1n) is 10.2. The lowest BCUT2D eigenvalue weighted by Gasteiger charge is -2.24. The van der Waals surface area contributed by atoms with E-state index in [2.05, 4.69) is 27.6 Å². The number of likely N-dealkylation sites (tertiary alicyclic amines) is 1. The molecule has 3 heterocycles. The number of hydrogen-bond donors (Lipinski definition) is 0. The van der Waals surface area contributed by atoms with E-state index in [0.29, 0.717) is 43.6 Å². The Balaban J connectivity index is 1.29. The van der Waals surface area contributed by atoms with E-state index in [-0.39, 0.29) is 11.3 Å². The molecule has 5 rings (SSSR count). The van der Waals surface area contributed by atoms with E-state index in [1.54, 1.807) is 17.1 Å². The Labute approximate surface area is 168 Å². The summed E-state index contributed by atoms with van der Waals surface area (Å²) in [6, 6.07) is 10.2. The SMILES string of the molecule is O=C(CCn1ccnn1)N1C[C@H]2CCC[C@@]2(c2nc(Cc3ccccc3)no2)C1. The van der Waals surface area contributed by atoms with Gasteiger partial charge >= 0.3 is 0 Å². The molecular weight excluding hydrogens is 368 g/mol. The molecular formula is C21H24N6O2. The van der Waals surface area contributed by atoms with Gasteiger partial charge in [-0.3, -0.25) is 9.48 Å². The number of rotatable bonds is 6. The molecule has 2 aliphatic rings. The maximum absolute atomic E-state index is 12.8. The van der Waals surface area contributed by atoms with Crippen molar-refractivity contribution in [2.45, 2.75) is 44.1 Å². The highest BCUT2D eigenvalue weighted by Crippen LogP contribution is 2.50. The van der Waals surface area contributed by atoms with Gasteiger partial charge < -0.3 is 9.42 Å². The van der Waals surface area contributed by atoms with E-state index in [9.17, 15) is 4.79 Å². The van der Waals surface area contributed by atoms with Crippen LogP contribution in [0.5, 0.6) is 0 Å². The highest BCUT2D eigenvalue weighted by molar-refractivity contribution is 5.76. The molecule has 8 nitrogen and oxygen atoms in total. The molecule has 2 atom stereocenters. The molecule has 2 fully saturated rings. The fourth-order valence-corrected chi connectivity index (χ4v) is 4.86. The molecule has 8 heteroatoms. The molecule has 1 saturated heterocycles. The second kappa shape index (κ2) is 7.42. The molecule has 3 aromatic rings. The Hall–Kier alpha value is -3.03. The third kappa shape index (κ3) is 3.43. The first kappa shape index (κ1) is 18.0. The summed E-state index contributed by atoms with van der Waals surface area (Å²) in [6.45, 7) is 1.99. The van der Waals surface area contributed by atoms with Crippen LogP contribution in [-0.4, -0.2) is 49.0 Å². The maximum Gasteiger partial charge on any atom is 0.235 e. The smallest absolute Gasteiger partial charge is 0.235 e. The molecule has 2 aromatic heterocycles. The number of amides is 1. The van der Waals surface area contributed by atoms with Gasteiger partial charge in [-0.25, -0.2) is 0 Å². The van der Waals surface area contributed by atoms with Crippen LogP contribution in [0, 0.1) is 5.92 Å². The second-order valence-corrected chi connectivity index (χ2v) is 8.11. The van der Waals surface area contributed by atoms with Crippen molar-refractivity contribution < 1.29 is 9.32 Å². The molecule has 1 aliphatic heterocycles. The average molecular weight is 392 g/mol. The van der Waals surface area contributed by atoms with Crippen molar-refractivity contribution in [3.8, 4) is 0 Å². The van der Waals surface area contributed by atoms with Gasteiger partial charge in [-0.2, -0.15) is 4.98 Å². The van der Waals surface area contributed by atoms with Gasteiger partial charge in [0, 0.05) is 32.1 Å². The molecule has 29 heavy (non-hydrogen) atoms. The quantitative estimate of drug-likeness (QED) is 0.639. The van der Waals surface area contributed by atoms with Crippen LogP contribution in [0.3, 0.4) is 0 Å². The van der Waals surface area contributed by atoms with Crippen LogP contribution in [0.2, 0.25) is 0 Å². The van der Waals surface area contributed by atoms with Gasteiger partial charge in [-0.1, -0.05) is 47.1 Å². The van der Waals surface area contributed by atoms with Crippen molar-refractivity contribution in [3.05, 3.63) is 60.0 Å². The molecule has 1 amide bonds. The van der Waals surface area contributed by atoms with Gasteiger partial charge in [0.25, 0.3) is 0 Å². The van der Waals surface area contributed by atoms with Gasteiger partial charge in [0.15, 0.2) is 5.82 Å². The predicted octanol–water partition coefficient (Wildman–Crippen LogP) is 2.22. The zero-order valence-corrected chi connectivity index (χ0v) is 16.3. The molecule has 0 unspecified atom stereocenters. The van der Waals surface area contributed by atoms with E-state index in [0.717, 1.165) is 31.4 Å². The Kier molecular flexibility index (Phi) is 4.61. The monoisotopic (exact) mass is 392 g/mol. The minimum absolute atomic E-state index is 0.151. The van der Waals surface area contributed by atoms with Gasteiger partial charge in [0.1, 0.15) is 0 Å². The van der Waals surface area contributed by atoms with E-state index < -0.39 is 0 Å². The number of carbonyl (C=O) groups excluding carboxylic acids is 1. The van der Waals surface area contributed by atoms with Crippen LogP contribution in [0.1, 0.15) is 43.0 Å². The molecule has 0 N–H and O–H groups in total. The summed E-state index contributed by atoms with van der Waals surface area (Å²) >= 11 is 0. The molecule has 0 radical (unpaired) electrons. The molecule has 0 bridgehead atoms. The summed E-state index contributed by atoms with van der Waals surface area (Å²) < 4.78 is 7.44. The highest BCUT2D eigenvalue weighted by Gasteiger charge is 2.55. The predicted molar refractivity (Wildman–Crippen MR) is 104 cm³/mol. The van der Waals surface area contributed by atoms with Crippen molar-refractivity contribution in [1.29, 1.82) is 0 Å². The lowest BCUT2D eigenvalue weighted by atomic mass is 9.80. The number of aromatic nitrogens is 5. The van der Waals surface area contributed by atoms with Crippen LogP contribution in [0.4, 0.5) is 0 Å². The number of carbonyl (C=O) groups is 1. The Bertz CT molecular complexity index is 970. The van der Waals surface area contributed by atoms with Crippen LogP contribution in [0.15, 0.2) is 47.2 Å². The Morgan fingerprint density at radius 3 is 3.00 bits per heavy atom. The van der Waals surface area contributed by atoms with Crippen molar-refractivity contribution in [2.24, 2.45) is 5.92 Å². The normalized spacial score (nSPS) is 23.4. The largest absolute Gasteiger partial charge is 0.341 e. The third-order valence-corrected chi connectivity index (χ3v) is 6.35. The Morgan fingerprint density at radius 2 is 2.17 bits per heavy atom. The highest BCUT2D eigenvalue weighted by atomic mass is 16.5. The number of hydrogen-bond acceptors (Lipinski definition) is 6. The molecule has 0 spiro atoms. The zero-order chi connectivity index (χ0) is 19.7. The van der Waals surface area contributed by atoms with Crippen molar-refractivity contribution >= 4 is 5.91 Å². The number of aryl methyl sites for hydroxylation is 1.